The molecule has 2 rings (SSSR count). The van der Waals surface area contributed by atoms with E-state index in [2.05, 4.69) is 13.8 Å². The molecule has 0 amide bonds. The third-order valence-corrected chi connectivity index (χ3v) is 6.73. The number of hydrogen-bond donors (Lipinski definition) is 0. The molecule has 0 radical (unpaired) electrons. The number of nitrogens with zero attached hydrogens (tertiary/aromatic N) is 1. The Kier molecular flexibility index (Phi) is 4.41. The van der Waals surface area contributed by atoms with Gasteiger partial charge in [0.25, 0.3) is 0 Å². The van der Waals surface area contributed by atoms with Crippen LogP contribution in [0, 0.1) is 5.92 Å². The van der Waals surface area contributed by atoms with Gasteiger partial charge in [0.2, 0.25) is 10.0 Å². The summed E-state index contributed by atoms with van der Waals surface area (Å²) in [5.41, 5.74) is -0.354. The van der Waals surface area contributed by atoms with Gasteiger partial charge in [-0.05, 0) is 43.9 Å². The fourth-order valence-electron chi connectivity index (χ4n) is 2.74. The van der Waals surface area contributed by atoms with E-state index in [1.54, 1.807) is 4.31 Å². The molecule has 1 saturated heterocycles. The molecule has 0 aromatic heterocycles. The summed E-state index contributed by atoms with van der Waals surface area (Å²) in [5.74, 6) is 0.245. The van der Waals surface area contributed by atoms with Crippen molar-refractivity contribution in [1.29, 1.82) is 0 Å². The Balaban J connectivity index is 2.50. The Hall–Kier alpha value is -0.290. The normalized spacial score (nSPS) is 24.5. The quantitative estimate of drug-likeness (QED) is 0.830. The average Bonchev–Trinajstić information content (AvgIpc) is 2.72. The molecular weight excluding hydrogens is 317 g/mol. The lowest BCUT2D eigenvalue weighted by Gasteiger charge is -2.37. The van der Waals surface area contributed by atoms with E-state index in [-0.39, 0.29) is 16.4 Å². The predicted molar refractivity (Wildman–Crippen MR) is 82.8 cm³/mol. The van der Waals surface area contributed by atoms with Gasteiger partial charge < -0.3 is 0 Å². The second kappa shape index (κ2) is 5.48. The van der Waals surface area contributed by atoms with Gasteiger partial charge in [-0.15, -0.1) is 0 Å². The number of rotatable bonds is 3. The number of hydrogen-bond acceptors (Lipinski definition) is 2. The first-order valence-electron chi connectivity index (χ1n) is 6.67. The second-order valence-corrected chi connectivity index (χ2v) is 8.53. The molecule has 3 nitrogen and oxygen atoms in total. The van der Waals surface area contributed by atoms with Crippen LogP contribution in [0.3, 0.4) is 0 Å². The van der Waals surface area contributed by atoms with Crippen molar-refractivity contribution in [2.45, 2.75) is 44.0 Å². The minimum Gasteiger partial charge on any atom is -0.207 e. The highest BCUT2D eigenvalue weighted by atomic mass is 35.5. The van der Waals surface area contributed by atoms with Crippen molar-refractivity contribution in [2.75, 3.05) is 6.54 Å². The molecule has 1 heterocycles. The van der Waals surface area contributed by atoms with Crippen LogP contribution in [0.2, 0.25) is 10.0 Å². The molecule has 0 N–H and O–H groups in total. The van der Waals surface area contributed by atoms with Crippen LogP contribution in [0.4, 0.5) is 0 Å². The zero-order valence-electron chi connectivity index (χ0n) is 11.9. The van der Waals surface area contributed by atoms with Gasteiger partial charge in [-0.1, -0.05) is 37.0 Å². The van der Waals surface area contributed by atoms with E-state index in [9.17, 15) is 8.42 Å². The first-order chi connectivity index (χ1) is 9.18. The van der Waals surface area contributed by atoms with Gasteiger partial charge in [0.05, 0.1) is 4.90 Å². The minimum absolute atomic E-state index is 0.170. The molecule has 1 atom stereocenters. The van der Waals surface area contributed by atoms with Gasteiger partial charge in [0, 0.05) is 22.1 Å². The van der Waals surface area contributed by atoms with Crippen molar-refractivity contribution in [1.82, 2.24) is 4.31 Å². The Bertz CT molecular complexity index is 595. The largest absolute Gasteiger partial charge is 0.243 e. The lowest BCUT2D eigenvalue weighted by Crippen LogP contribution is -2.48. The summed E-state index contributed by atoms with van der Waals surface area (Å²) in [6, 6.07) is 4.46. The van der Waals surface area contributed by atoms with Crippen molar-refractivity contribution in [3.05, 3.63) is 28.2 Å². The molecule has 0 spiro atoms. The average molecular weight is 336 g/mol. The Morgan fingerprint density at radius 3 is 2.25 bits per heavy atom. The van der Waals surface area contributed by atoms with E-state index >= 15 is 0 Å². The highest BCUT2D eigenvalue weighted by Gasteiger charge is 2.46. The van der Waals surface area contributed by atoms with Crippen molar-refractivity contribution < 1.29 is 8.42 Å². The summed E-state index contributed by atoms with van der Waals surface area (Å²) < 4.78 is 27.3. The Morgan fingerprint density at radius 1 is 1.20 bits per heavy atom. The van der Waals surface area contributed by atoms with E-state index in [1.165, 1.54) is 18.2 Å². The molecule has 1 unspecified atom stereocenters. The zero-order chi connectivity index (χ0) is 15.1. The topological polar surface area (TPSA) is 37.4 Å². The monoisotopic (exact) mass is 335 g/mol. The van der Waals surface area contributed by atoms with Crippen molar-refractivity contribution in [3.63, 3.8) is 0 Å². The maximum absolute atomic E-state index is 12.9. The molecule has 0 aliphatic carbocycles. The van der Waals surface area contributed by atoms with Crippen LogP contribution in [-0.2, 0) is 10.0 Å². The summed E-state index contributed by atoms with van der Waals surface area (Å²) in [7, 11) is -3.57. The summed E-state index contributed by atoms with van der Waals surface area (Å²) >= 11 is 11.9. The van der Waals surface area contributed by atoms with Crippen LogP contribution < -0.4 is 0 Å². The molecule has 1 aromatic carbocycles. The number of sulfonamides is 1. The molecule has 0 saturated carbocycles. The zero-order valence-corrected chi connectivity index (χ0v) is 14.2. The summed E-state index contributed by atoms with van der Waals surface area (Å²) in [4.78, 5) is 0.170. The fraction of sp³-hybridized carbons (Fsp3) is 0.571. The van der Waals surface area contributed by atoms with Crippen LogP contribution in [0.5, 0.6) is 0 Å². The van der Waals surface area contributed by atoms with Gasteiger partial charge in [-0.25, -0.2) is 8.42 Å². The highest BCUT2D eigenvalue weighted by molar-refractivity contribution is 7.89. The van der Waals surface area contributed by atoms with E-state index in [4.69, 9.17) is 23.2 Å². The van der Waals surface area contributed by atoms with Crippen molar-refractivity contribution in [3.8, 4) is 0 Å². The summed E-state index contributed by atoms with van der Waals surface area (Å²) in [6.07, 6.45) is 1.75. The van der Waals surface area contributed by atoms with Gasteiger partial charge in [-0.2, -0.15) is 4.31 Å². The predicted octanol–water partition coefficient (Wildman–Crippen LogP) is 4.19. The molecule has 1 aliphatic heterocycles. The van der Waals surface area contributed by atoms with Crippen LogP contribution in [0.25, 0.3) is 0 Å². The number of benzene rings is 1. The molecule has 1 aromatic rings. The van der Waals surface area contributed by atoms with E-state index in [1.807, 2.05) is 6.92 Å². The van der Waals surface area contributed by atoms with Gasteiger partial charge in [0.1, 0.15) is 0 Å². The first-order valence-corrected chi connectivity index (χ1v) is 8.86. The minimum atomic E-state index is -3.57. The Labute approximate surface area is 130 Å². The summed E-state index contributed by atoms with van der Waals surface area (Å²) in [6.45, 7) is 6.66. The van der Waals surface area contributed by atoms with Crippen molar-refractivity contribution in [2.24, 2.45) is 5.92 Å². The maximum atomic E-state index is 12.9. The highest BCUT2D eigenvalue weighted by Crippen LogP contribution is 2.40. The molecule has 1 aliphatic rings. The lowest BCUT2D eigenvalue weighted by molar-refractivity contribution is 0.192. The fourth-order valence-corrected chi connectivity index (χ4v) is 5.42. The molecule has 6 heteroatoms. The molecule has 0 bridgehead atoms. The smallest absolute Gasteiger partial charge is 0.207 e. The van der Waals surface area contributed by atoms with Gasteiger partial charge in [-0.3, -0.25) is 0 Å². The van der Waals surface area contributed by atoms with Crippen LogP contribution >= 0.6 is 23.2 Å². The third kappa shape index (κ3) is 2.71. The lowest BCUT2D eigenvalue weighted by atomic mass is 9.87. The van der Waals surface area contributed by atoms with Crippen LogP contribution in [0.15, 0.2) is 23.1 Å². The van der Waals surface area contributed by atoms with Crippen LogP contribution in [-0.4, -0.2) is 24.8 Å². The van der Waals surface area contributed by atoms with E-state index < -0.39 is 10.0 Å². The van der Waals surface area contributed by atoms with E-state index in [0.29, 0.717) is 16.6 Å². The molecule has 20 heavy (non-hydrogen) atoms. The van der Waals surface area contributed by atoms with E-state index in [0.717, 1.165) is 12.8 Å². The molecular formula is C14H19Cl2NO2S. The standard InChI is InChI=1S/C14H19Cl2NO2S/c1-10(2)14(3)5-4-6-17(14)20(18,19)13-8-11(15)7-12(16)9-13/h7-10H,4-6H2,1-3H3. The van der Waals surface area contributed by atoms with Gasteiger partial charge in [0.15, 0.2) is 0 Å². The molecule has 112 valence electrons. The maximum Gasteiger partial charge on any atom is 0.243 e. The van der Waals surface area contributed by atoms with Crippen molar-refractivity contribution >= 4 is 33.2 Å². The van der Waals surface area contributed by atoms with Gasteiger partial charge >= 0.3 is 0 Å². The summed E-state index contributed by atoms with van der Waals surface area (Å²) in [5, 5.41) is 0.669. The SMILES string of the molecule is CC(C)C1(C)CCCN1S(=O)(=O)c1cc(Cl)cc(Cl)c1. The number of halogens is 2. The third-order valence-electron chi connectivity index (χ3n) is 4.28. The molecule has 1 fully saturated rings. The second-order valence-electron chi connectivity index (χ2n) is 5.80. The Morgan fingerprint density at radius 2 is 1.75 bits per heavy atom. The first kappa shape index (κ1) is 16.1. The van der Waals surface area contributed by atoms with Crippen LogP contribution in [0.1, 0.15) is 33.6 Å².